The van der Waals surface area contributed by atoms with Gasteiger partial charge in [-0.25, -0.2) is 0 Å². The van der Waals surface area contributed by atoms with Crippen molar-refractivity contribution < 1.29 is 14.9 Å². The second-order valence-corrected chi connectivity index (χ2v) is 6.12. The first-order chi connectivity index (χ1) is 9.56. The van der Waals surface area contributed by atoms with E-state index in [0.29, 0.717) is 16.7 Å². The normalized spacial score (nSPS) is 19.0. The van der Waals surface area contributed by atoms with Crippen molar-refractivity contribution in [3.05, 3.63) is 28.8 Å². The maximum atomic E-state index is 10.00. The lowest BCUT2D eigenvalue weighted by atomic mass is 10.0. The van der Waals surface area contributed by atoms with E-state index < -0.39 is 12.2 Å². The van der Waals surface area contributed by atoms with Gasteiger partial charge in [-0.05, 0) is 37.0 Å². The maximum Gasteiger partial charge on any atom is 0.138 e. The van der Waals surface area contributed by atoms with Gasteiger partial charge in [-0.1, -0.05) is 43.4 Å². The van der Waals surface area contributed by atoms with Crippen molar-refractivity contribution in [2.45, 2.75) is 51.2 Å². The summed E-state index contributed by atoms with van der Waals surface area (Å²) in [4.78, 5) is 0. The zero-order chi connectivity index (χ0) is 14.5. The molecule has 1 unspecified atom stereocenters. The van der Waals surface area contributed by atoms with Gasteiger partial charge in [-0.2, -0.15) is 0 Å². The van der Waals surface area contributed by atoms with E-state index in [-0.39, 0.29) is 6.61 Å². The lowest BCUT2D eigenvalue weighted by Gasteiger charge is -2.17. The van der Waals surface area contributed by atoms with E-state index in [1.165, 1.54) is 25.7 Å². The van der Waals surface area contributed by atoms with Gasteiger partial charge in [0.05, 0.1) is 17.2 Å². The minimum absolute atomic E-state index is 0.268. The van der Waals surface area contributed by atoms with Crippen LogP contribution in [-0.4, -0.2) is 22.9 Å². The number of aliphatic hydroxyl groups is 2. The third kappa shape index (κ3) is 4.37. The van der Waals surface area contributed by atoms with Crippen LogP contribution < -0.4 is 4.74 Å². The first-order valence-corrected chi connectivity index (χ1v) is 7.72. The maximum absolute atomic E-state index is 10.00. The predicted octanol–water partition coefficient (Wildman–Crippen LogP) is 3.71. The van der Waals surface area contributed by atoms with Crippen molar-refractivity contribution in [3.8, 4) is 5.75 Å². The molecule has 1 aliphatic rings. The second-order valence-electron chi connectivity index (χ2n) is 5.72. The Morgan fingerprint density at radius 2 is 2.00 bits per heavy atom. The summed E-state index contributed by atoms with van der Waals surface area (Å²) in [7, 11) is 0. The zero-order valence-corrected chi connectivity index (χ0v) is 12.6. The number of benzene rings is 1. The van der Waals surface area contributed by atoms with Crippen molar-refractivity contribution in [1.82, 2.24) is 0 Å². The van der Waals surface area contributed by atoms with Crippen LogP contribution in [0.1, 0.15) is 50.7 Å². The number of aliphatic hydroxyl groups excluding tert-OH is 2. The van der Waals surface area contributed by atoms with E-state index >= 15 is 0 Å². The monoisotopic (exact) mass is 298 g/mol. The van der Waals surface area contributed by atoms with E-state index in [4.69, 9.17) is 16.3 Å². The molecular formula is C16H23ClO3. The van der Waals surface area contributed by atoms with Gasteiger partial charge in [0.1, 0.15) is 12.4 Å². The molecule has 1 aromatic rings. The molecule has 1 fully saturated rings. The highest BCUT2D eigenvalue weighted by atomic mass is 35.5. The quantitative estimate of drug-likeness (QED) is 0.841. The van der Waals surface area contributed by atoms with Crippen LogP contribution in [-0.2, 0) is 0 Å². The molecule has 2 atom stereocenters. The Morgan fingerprint density at radius 3 is 2.60 bits per heavy atom. The van der Waals surface area contributed by atoms with Crippen LogP contribution in [0.4, 0.5) is 0 Å². The van der Waals surface area contributed by atoms with Crippen LogP contribution in [0.15, 0.2) is 18.2 Å². The fourth-order valence-electron chi connectivity index (χ4n) is 2.78. The molecular weight excluding hydrogens is 276 g/mol. The summed E-state index contributed by atoms with van der Waals surface area (Å²) in [5.74, 6) is 1.20. The Labute approximate surface area is 125 Å². The molecule has 0 bridgehead atoms. The molecule has 4 heteroatoms. The molecule has 1 aromatic carbocycles. The molecule has 1 saturated carbocycles. The molecule has 0 aliphatic heterocycles. The van der Waals surface area contributed by atoms with Gasteiger partial charge in [0.25, 0.3) is 0 Å². The summed E-state index contributed by atoms with van der Waals surface area (Å²) in [5.41, 5.74) is 0.758. The Kier molecular flexibility index (Phi) is 5.70. The fourth-order valence-corrected chi connectivity index (χ4v) is 3.02. The molecule has 112 valence electrons. The first kappa shape index (κ1) is 15.6. The standard InChI is InChI=1S/C16H23ClO3/c1-11(18)13-6-7-16(15(17)9-13)20-10-14(19)8-12-4-2-3-5-12/h6-7,9,11-12,14,18-19H,2-5,8,10H2,1H3/t11-,14?/m0/s1. The van der Waals surface area contributed by atoms with Crippen molar-refractivity contribution >= 4 is 11.6 Å². The van der Waals surface area contributed by atoms with Gasteiger partial charge in [0.2, 0.25) is 0 Å². The van der Waals surface area contributed by atoms with Crippen LogP contribution in [0.2, 0.25) is 5.02 Å². The third-order valence-electron chi connectivity index (χ3n) is 3.95. The topological polar surface area (TPSA) is 49.7 Å². The molecule has 0 radical (unpaired) electrons. The van der Waals surface area contributed by atoms with Crippen molar-refractivity contribution in [3.63, 3.8) is 0 Å². The number of rotatable bonds is 6. The van der Waals surface area contributed by atoms with E-state index in [9.17, 15) is 10.2 Å². The summed E-state index contributed by atoms with van der Waals surface area (Å²) in [6, 6.07) is 5.23. The highest BCUT2D eigenvalue weighted by molar-refractivity contribution is 6.32. The van der Waals surface area contributed by atoms with Crippen molar-refractivity contribution in [1.29, 1.82) is 0 Å². The van der Waals surface area contributed by atoms with Crippen molar-refractivity contribution in [2.75, 3.05) is 6.61 Å². The molecule has 0 amide bonds. The van der Waals surface area contributed by atoms with Gasteiger partial charge >= 0.3 is 0 Å². The largest absolute Gasteiger partial charge is 0.489 e. The fraction of sp³-hybridized carbons (Fsp3) is 0.625. The lowest BCUT2D eigenvalue weighted by molar-refractivity contribution is 0.0855. The number of ether oxygens (including phenoxy) is 1. The Hall–Kier alpha value is -0.770. The van der Waals surface area contributed by atoms with E-state index in [1.54, 1.807) is 25.1 Å². The van der Waals surface area contributed by atoms with Crippen LogP contribution in [0.25, 0.3) is 0 Å². The summed E-state index contributed by atoms with van der Waals surface area (Å²) < 4.78 is 5.58. The molecule has 0 spiro atoms. The SMILES string of the molecule is C[C@H](O)c1ccc(OCC(O)CC2CCCC2)c(Cl)c1. The Bertz CT molecular complexity index is 428. The zero-order valence-electron chi connectivity index (χ0n) is 11.9. The van der Waals surface area contributed by atoms with Gasteiger partial charge in [-0.15, -0.1) is 0 Å². The van der Waals surface area contributed by atoms with Gasteiger partial charge < -0.3 is 14.9 Å². The average molecular weight is 299 g/mol. The molecule has 2 rings (SSSR count). The molecule has 20 heavy (non-hydrogen) atoms. The second kappa shape index (κ2) is 7.30. The smallest absolute Gasteiger partial charge is 0.138 e. The number of hydrogen-bond donors (Lipinski definition) is 2. The Morgan fingerprint density at radius 1 is 1.30 bits per heavy atom. The average Bonchev–Trinajstić information content (AvgIpc) is 2.90. The van der Waals surface area contributed by atoms with E-state index in [2.05, 4.69) is 0 Å². The minimum Gasteiger partial charge on any atom is -0.489 e. The van der Waals surface area contributed by atoms with Crippen LogP contribution >= 0.6 is 11.6 Å². The predicted molar refractivity (Wildman–Crippen MR) is 80.2 cm³/mol. The lowest BCUT2D eigenvalue weighted by Crippen LogP contribution is -2.20. The van der Waals surface area contributed by atoms with Gasteiger partial charge in [0.15, 0.2) is 0 Å². The number of halogens is 1. The number of hydrogen-bond acceptors (Lipinski definition) is 3. The summed E-state index contributed by atoms with van der Waals surface area (Å²) in [6.45, 7) is 1.96. The molecule has 2 N–H and O–H groups in total. The van der Waals surface area contributed by atoms with Crippen LogP contribution in [0, 0.1) is 5.92 Å². The van der Waals surface area contributed by atoms with Gasteiger partial charge in [-0.3, -0.25) is 0 Å². The first-order valence-electron chi connectivity index (χ1n) is 7.34. The Balaban J connectivity index is 1.83. The van der Waals surface area contributed by atoms with Crippen LogP contribution in [0.3, 0.4) is 0 Å². The summed E-state index contributed by atoms with van der Waals surface area (Å²) >= 11 is 6.11. The van der Waals surface area contributed by atoms with Crippen molar-refractivity contribution in [2.24, 2.45) is 5.92 Å². The summed E-state index contributed by atoms with van der Waals surface area (Å²) in [6.07, 6.45) is 4.83. The minimum atomic E-state index is -0.547. The highest BCUT2D eigenvalue weighted by Gasteiger charge is 2.19. The van der Waals surface area contributed by atoms with E-state index in [0.717, 1.165) is 12.0 Å². The molecule has 0 heterocycles. The van der Waals surface area contributed by atoms with E-state index in [1.807, 2.05) is 0 Å². The van der Waals surface area contributed by atoms with Crippen LogP contribution in [0.5, 0.6) is 5.75 Å². The third-order valence-corrected chi connectivity index (χ3v) is 4.25. The molecule has 0 aromatic heterocycles. The molecule has 1 aliphatic carbocycles. The highest BCUT2D eigenvalue weighted by Crippen LogP contribution is 2.30. The summed E-state index contributed by atoms with van der Waals surface area (Å²) in [5, 5.41) is 19.9. The molecule has 3 nitrogen and oxygen atoms in total. The molecule has 0 saturated heterocycles. The van der Waals surface area contributed by atoms with Gasteiger partial charge in [0, 0.05) is 0 Å².